The fourth-order valence-corrected chi connectivity index (χ4v) is 2.70. The van der Waals surface area contributed by atoms with Gasteiger partial charge in [-0.3, -0.25) is 0 Å². The molecule has 0 unspecified atom stereocenters. The molecule has 0 spiro atoms. The Morgan fingerprint density at radius 3 is 2.32 bits per heavy atom. The van der Waals surface area contributed by atoms with Crippen molar-refractivity contribution in [2.45, 2.75) is 32.1 Å². The first-order chi connectivity index (χ1) is 9.17. The molecule has 3 fully saturated rings. The van der Waals surface area contributed by atoms with Gasteiger partial charge in [-0.15, -0.1) is 0 Å². The molecule has 3 saturated carbocycles. The van der Waals surface area contributed by atoms with E-state index in [1.807, 2.05) is 19.0 Å². The molecule has 0 aromatic heterocycles. The monoisotopic (exact) mass is 269 g/mol. The Balaban J connectivity index is 0.000000192. The summed E-state index contributed by atoms with van der Waals surface area (Å²) in [4.78, 5) is 5.39. The number of hydrogen-bond acceptors (Lipinski definition) is 3. The lowest BCUT2D eigenvalue weighted by molar-refractivity contribution is -0.0262. The van der Waals surface area contributed by atoms with Crippen LogP contribution in [0.2, 0.25) is 0 Å². The molecule has 0 radical (unpaired) electrons. The lowest BCUT2D eigenvalue weighted by atomic mass is 9.70. The van der Waals surface area contributed by atoms with Gasteiger partial charge < -0.3 is 20.3 Å². The number of nitrogens with zero attached hydrogens (tertiary/aromatic N) is 3. The summed E-state index contributed by atoms with van der Waals surface area (Å²) in [5.41, 5.74) is 9.67. The van der Waals surface area contributed by atoms with Crippen LogP contribution < -0.4 is 0 Å². The van der Waals surface area contributed by atoms with Crippen LogP contribution in [0.1, 0.15) is 32.1 Å². The van der Waals surface area contributed by atoms with Crippen molar-refractivity contribution in [2.75, 3.05) is 40.5 Å². The minimum absolute atomic E-state index is 0.118. The normalized spacial score (nSPS) is 24.9. The van der Waals surface area contributed by atoms with Crippen molar-refractivity contribution in [3.05, 3.63) is 5.53 Å². The fourth-order valence-electron chi connectivity index (χ4n) is 2.70. The highest BCUT2D eigenvalue weighted by molar-refractivity contribution is 5.83. The summed E-state index contributed by atoms with van der Waals surface area (Å²) in [6.45, 7) is 2.19. The average Bonchev–Trinajstić information content (AvgIpc) is 2.45. The van der Waals surface area contributed by atoms with Crippen LogP contribution in [0.5, 0.6) is 0 Å². The van der Waals surface area contributed by atoms with Gasteiger partial charge in [0.15, 0.2) is 0 Å². The van der Waals surface area contributed by atoms with Crippen LogP contribution in [0.3, 0.4) is 0 Å². The van der Waals surface area contributed by atoms with Crippen LogP contribution in [-0.4, -0.2) is 61.0 Å². The molecular formula is C14H27N3O2. The molecule has 3 aliphatic carbocycles. The molecule has 0 aromatic rings. The zero-order valence-electron chi connectivity index (χ0n) is 12.2. The van der Waals surface area contributed by atoms with Crippen molar-refractivity contribution < 1.29 is 14.6 Å². The third-order valence-electron chi connectivity index (χ3n) is 3.86. The first kappa shape index (κ1) is 16.3. The van der Waals surface area contributed by atoms with Gasteiger partial charge in [-0.2, -0.15) is 4.79 Å². The van der Waals surface area contributed by atoms with Crippen LogP contribution in [-0.2, 0) is 4.74 Å². The van der Waals surface area contributed by atoms with Crippen molar-refractivity contribution in [3.63, 3.8) is 0 Å². The Labute approximate surface area is 116 Å². The van der Waals surface area contributed by atoms with E-state index >= 15 is 0 Å². The molecule has 0 aromatic carbocycles. The number of rotatable bonds is 5. The van der Waals surface area contributed by atoms with Crippen LogP contribution >= 0.6 is 0 Å². The Hall–Kier alpha value is -0.740. The molecule has 0 heterocycles. The van der Waals surface area contributed by atoms with Crippen molar-refractivity contribution in [2.24, 2.45) is 11.8 Å². The summed E-state index contributed by atoms with van der Waals surface area (Å²) < 4.78 is 5.00. The Morgan fingerprint density at radius 1 is 1.26 bits per heavy atom. The number of aliphatic hydroxyl groups excluding tert-OH is 1. The number of aliphatic hydroxyl groups is 1. The molecule has 0 amide bonds. The molecule has 3 rings (SSSR count). The fraction of sp³-hybridized carbons (Fsp3) is 0.929. The van der Waals surface area contributed by atoms with Crippen LogP contribution in [0.15, 0.2) is 0 Å². The van der Waals surface area contributed by atoms with Crippen molar-refractivity contribution >= 4 is 5.71 Å². The summed E-state index contributed by atoms with van der Waals surface area (Å²) >= 11 is 0. The third kappa shape index (κ3) is 6.30. The summed E-state index contributed by atoms with van der Waals surface area (Å²) in [7, 11) is 3.98. The highest BCUT2D eigenvalue weighted by atomic mass is 16.5. The molecule has 5 heteroatoms. The Morgan fingerprint density at radius 2 is 1.95 bits per heavy atom. The topological polar surface area (TPSA) is 69.1 Å². The zero-order chi connectivity index (χ0) is 14.1. The SMILES string of the molecule is CN(C)CCOCCO.[N-]=[N+]=C1CC2CCC1CC2. The molecule has 0 atom stereocenters. The number of fused-ring (bicyclic) bond motifs is 3. The van der Waals surface area contributed by atoms with Gasteiger partial charge in [0.1, 0.15) is 0 Å². The van der Waals surface area contributed by atoms with E-state index in [4.69, 9.17) is 15.4 Å². The van der Waals surface area contributed by atoms with Crippen LogP contribution in [0.4, 0.5) is 0 Å². The maximum absolute atomic E-state index is 8.60. The Bertz CT molecular complexity index is 293. The second-order valence-electron chi connectivity index (χ2n) is 5.65. The van der Waals surface area contributed by atoms with Crippen molar-refractivity contribution in [3.8, 4) is 0 Å². The summed E-state index contributed by atoms with van der Waals surface area (Å²) in [5.74, 6) is 1.48. The van der Waals surface area contributed by atoms with Gasteiger partial charge >= 0.3 is 0 Å². The third-order valence-corrected chi connectivity index (χ3v) is 3.86. The van der Waals surface area contributed by atoms with Gasteiger partial charge in [0, 0.05) is 13.0 Å². The largest absolute Gasteiger partial charge is 0.394 e. The van der Waals surface area contributed by atoms with E-state index in [0.717, 1.165) is 24.6 Å². The van der Waals surface area contributed by atoms with E-state index in [0.29, 0.717) is 19.1 Å². The molecule has 0 saturated heterocycles. The van der Waals surface area contributed by atoms with E-state index in [1.165, 1.54) is 25.7 Å². The predicted molar refractivity (Wildman–Crippen MR) is 75.2 cm³/mol. The van der Waals surface area contributed by atoms with E-state index in [2.05, 4.69) is 4.79 Å². The second-order valence-corrected chi connectivity index (χ2v) is 5.65. The van der Waals surface area contributed by atoms with E-state index in [9.17, 15) is 0 Å². The summed E-state index contributed by atoms with van der Waals surface area (Å²) in [6.07, 6.45) is 6.34. The van der Waals surface area contributed by atoms with Crippen molar-refractivity contribution in [1.82, 2.24) is 4.90 Å². The molecule has 1 N–H and O–H groups in total. The van der Waals surface area contributed by atoms with E-state index in [-0.39, 0.29) is 6.61 Å². The highest BCUT2D eigenvalue weighted by Crippen LogP contribution is 2.38. The van der Waals surface area contributed by atoms with Gasteiger partial charge in [0.05, 0.1) is 25.7 Å². The van der Waals surface area contributed by atoms with Crippen LogP contribution in [0, 0.1) is 11.8 Å². The molecule has 5 nitrogen and oxygen atoms in total. The lowest BCUT2D eigenvalue weighted by Gasteiger charge is -2.31. The molecular weight excluding hydrogens is 242 g/mol. The number of ether oxygens (including phenoxy) is 1. The van der Waals surface area contributed by atoms with Crippen molar-refractivity contribution in [1.29, 1.82) is 0 Å². The number of hydrogen-bond donors (Lipinski definition) is 1. The minimum Gasteiger partial charge on any atom is -0.394 e. The summed E-state index contributed by atoms with van der Waals surface area (Å²) in [6, 6.07) is 0. The molecule has 3 aliphatic rings. The Kier molecular flexibility index (Phi) is 7.91. The minimum atomic E-state index is 0.118. The molecule has 2 bridgehead atoms. The van der Waals surface area contributed by atoms with Crippen LogP contribution in [0.25, 0.3) is 5.53 Å². The van der Waals surface area contributed by atoms with Gasteiger partial charge in [0.25, 0.3) is 5.71 Å². The maximum Gasteiger partial charge on any atom is 0.272 e. The van der Waals surface area contributed by atoms with Gasteiger partial charge in [0.2, 0.25) is 0 Å². The molecule has 110 valence electrons. The van der Waals surface area contributed by atoms with E-state index in [1.54, 1.807) is 0 Å². The quantitative estimate of drug-likeness (QED) is 0.466. The standard InChI is InChI=1S/C8H12N2.C6H15NO2/c9-10-8-5-6-1-3-7(8)4-2-6;1-7(2)3-5-9-6-4-8/h6-7H,1-5H2;8H,3-6H2,1-2H3. The lowest BCUT2D eigenvalue weighted by Crippen LogP contribution is -2.31. The van der Waals surface area contributed by atoms with Gasteiger partial charge in [-0.05, 0) is 45.7 Å². The highest BCUT2D eigenvalue weighted by Gasteiger charge is 2.37. The average molecular weight is 269 g/mol. The van der Waals surface area contributed by atoms with E-state index < -0.39 is 0 Å². The molecule has 19 heavy (non-hydrogen) atoms. The van der Waals surface area contributed by atoms with Gasteiger partial charge in [-0.1, -0.05) is 0 Å². The van der Waals surface area contributed by atoms with Gasteiger partial charge in [-0.25, -0.2) is 0 Å². The summed E-state index contributed by atoms with van der Waals surface area (Å²) in [5, 5.41) is 8.29. The first-order valence-electron chi connectivity index (χ1n) is 7.21. The predicted octanol–water partition coefficient (Wildman–Crippen LogP) is 1.42. The maximum atomic E-state index is 8.60. The second kappa shape index (κ2) is 9.21. The molecule has 0 aliphatic heterocycles. The first-order valence-corrected chi connectivity index (χ1v) is 7.21. The smallest absolute Gasteiger partial charge is 0.272 e. The number of likely N-dealkylation sites (N-methyl/N-ethyl adjacent to an activating group) is 1. The zero-order valence-corrected chi connectivity index (χ0v) is 12.2.